The Balaban J connectivity index is 1.45. The number of carbonyl (C=O) groups excluding carboxylic acids is 2. The third-order valence-corrected chi connectivity index (χ3v) is 6.81. The molecule has 4 rings (SSSR count). The van der Waals surface area contributed by atoms with Gasteiger partial charge in [-0.05, 0) is 57.0 Å². The molecule has 9 heteroatoms. The summed E-state index contributed by atoms with van der Waals surface area (Å²) in [6.07, 6.45) is 1.76. The van der Waals surface area contributed by atoms with Crippen LogP contribution >= 0.6 is 23.4 Å². The highest BCUT2D eigenvalue weighted by molar-refractivity contribution is 7.99. The molecule has 0 bridgehead atoms. The van der Waals surface area contributed by atoms with E-state index in [0.29, 0.717) is 34.5 Å². The maximum absolute atomic E-state index is 13.2. The lowest BCUT2D eigenvalue weighted by Gasteiger charge is -2.24. The predicted octanol–water partition coefficient (Wildman–Crippen LogP) is 4.97. The van der Waals surface area contributed by atoms with Crippen LogP contribution in [0, 0.1) is 6.92 Å². The maximum atomic E-state index is 13.2. The van der Waals surface area contributed by atoms with E-state index in [1.807, 2.05) is 47.6 Å². The molecule has 2 aromatic carbocycles. The normalized spacial score (nSPS) is 15.6. The molecule has 7 nitrogen and oxygen atoms in total. The van der Waals surface area contributed by atoms with E-state index in [1.54, 1.807) is 24.3 Å². The molecule has 3 aromatic rings. The van der Waals surface area contributed by atoms with Crippen LogP contribution in [0.25, 0.3) is 0 Å². The minimum atomic E-state index is -0.147. The molecule has 0 aliphatic carbocycles. The zero-order valence-electron chi connectivity index (χ0n) is 18.6. The average Bonchev–Trinajstić information content (AvgIpc) is 3.44. The number of carbonyl (C=O) groups is 2. The highest BCUT2D eigenvalue weighted by atomic mass is 35.5. The van der Waals surface area contributed by atoms with Gasteiger partial charge in [0.2, 0.25) is 5.91 Å². The topological polar surface area (TPSA) is 80.1 Å². The third-order valence-electron chi connectivity index (χ3n) is 5.61. The number of thioether (sulfide) groups is 1. The molecule has 2 heterocycles. The van der Waals surface area contributed by atoms with Gasteiger partial charge in [0.25, 0.3) is 5.91 Å². The molecular weight excluding hydrogens is 458 g/mol. The van der Waals surface area contributed by atoms with E-state index in [2.05, 4.69) is 15.5 Å². The summed E-state index contributed by atoms with van der Waals surface area (Å²) >= 11 is 7.31. The van der Waals surface area contributed by atoms with Gasteiger partial charge in [0.15, 0.2) is 11.0 Å². The minimum absolute atomic E-state index is 0.0123. The monoisotopic (exact) mass is 483 g/mol. The molecule has 1 atom stereocenters. The number of benzene rings is 2. The first kappa shape index (κ1) is 23.3. The van der Waals surface area contributed by atoms with Gasteiger partial charge in [0, 0.05) is 29.4 Å². The van der Waals surface area contributed by atoms with E-state index in [1.165, 1.54) is 11.8 Å². The molecule has 2 amide bonds. The quantitative estimate of drug-likeness (QED) is 0.480. The highest BCUT2D eigenvalue weighted by Crippen LogP contribution is 2.34. The summed E-state index contributed by atoms with van der Waals surface area (Å²) < 4.78 is 2.00. The van der Waals surface area contributed by atoms with Crippen molar-refractivity contribution in [3.63, 3.8) is 0 Å². The molecule has 1 aromatic heterocycles. The van der Waals surface area contributed by atoms with Gasteiger partial charge in [-0.15, -0.1) is 10.2 Å². The molecule has 1 unspecified atom stereocenters. The summed E-state index contributed by atoms with van der Waals surface area (Å²) in [5.41, 5.74) is 2.46. The molecule has 0 spiro atoms. The number of likely N-dealkylation sites (tertiary alicyclic amines) is 1. The Hall–Kier alpha value is -2.84. The second kappa shape index (κ2) is 10.4. The average molecular weight is 484 g/mol. The van der Waals surface area contributed by atoms with Gasteiger partial charge in [0.05, 0.1) is 11.8 Å². The van der Waals surface area contributed by atoms with Gasteiger partial charge in [-0.3, -0.25) is 9.59 Å². The Bertz CT molecular complexity index is 1150. The van der Waals surface area contributed by atoms with Crippen molar-refractivity contribution in [2.24, 2.45) is 0 Å². The molecule has 33 heavy (non-hydrogen) atoms. The molecule has 1 aliphatic heterocycles. The van der Waals surface area contributed by atoms with Crippen LogP contribution in [-0.2, 0) is 11.3 Å². The van der Waals surface area contributed by atoms with Crippen LogP contribution in [0.2, 0.25) is 5.02 Å². The Morgan fingerprint density at radius 3 is 2.70 bits per heavy atom. The van der Waals surface area contributed by atoms with Gasteiger partial charge in [-0.25, -0.2) is 0 Å². The Kier molecular flexibility index (Phi) is 7.35. The number of amides is 2. The van der Waals surface area contributed by atoms with Crippen molar-refractivity contribution in [1.82, 2.24) is 19.7 Å². The Morgan fingerprint density at radius 1 is 1.18 bits per heavy atom. The van der Waals surface area contributed by atoms with Crippen LogP contribution in [0.1, 0.15) is 47.6 Å². The van der Waals surface area contributed by atoms with Crippen molar-refractivity contribution in [3.8, 4) is 0 Å². The standard InChI is InChI=1S/C24H26ClN5O2S/c1-3-29-22(20-8-5-13-30(20)23(32)17-11-9-16(2)10-12-17)27-28-24(29)33-15-21(31)26-19-7-4-6-18(25)14-19/h4,6-7,9-12,14,20H,3,5,8,13,15H2,1-2H3,(H,26,31). The van der Waals surface area contributed by atoms with Crippen molar-refractivity contribution >= 4 is 40.9 Å². The summed E-state index contributed by atoms with van der Waals surface area (Å²) in [4.78, 5) is 27.4. The van der Waals surface area contributed by atoms with Crippen LogP contribution in [0.5, 0.6) is 0 Å². The van der Waals surface area contributed by atoms with Gasteiger partial charge in [-0.1, -0.05) is 47.1 Å². The van der Waals surface area contributed by atoms with Gasteiger partial charge >= 0.3 is 0 Å². The number of hydrogen-bond donors (Lipinski definition) is 1. The zero-order chi connectivity index (χ0) is 23.4. The van der Waals surface area contributed by atoms with E-state index in [0.717, 1.165) is 24.2 Å². The van der Waals surface area contributed by atoms with Crippen molar-refractivity contribution in [1.29, 1.82) is 0 Å². The molecule has 1 fully saturated rings. The van der Waals surface area contributed by atoms with Crippen LogP contribution in [-0.4, -0.2) is 43.8 Å². The first-order chi connectivity index (χ1) is 16.0. The lowest BCUT2D eigenvalue weighted by molar-refractivity contribution is -0.113. The summed E-state index contributed by atoms with van der Waals surface area (Å²) in [6.45, 7) is 5.37. The predicted molar refractivity (Wildman–Crippen MR) is 131 cm³/mol. The SMILES string of the molecule is CCn1c(SCC(=O)Nc2cccc(Cl)c2)nnc1C1CCCN1C(=O)c1ccc(C)cc1. The minimum Gasteiger partial charge on any atom is -0.328 e. The van der Waals surface area contributed by atoms with Crippen molar-refractivity contribution in [2.45, 2.75) is 44.4 Å². The van der Waals surface area contributed by atoms with Gasteiger partial charge in [0.1, 0.15) is 0 Å². The summed E-state index contributed by atoms with van der Waals surface area (Å²) in [5.74, 6) is 0.833. The van der Waals surface area contributed by atoms with Crippen LogP contribution in [0.15, 0.2) is 53.7 Å². The fourth-order valence-electron chi connectivity index (χ4n) is 3.98. The van der Waals surface area contributed by atoms with Crippen molar-refractivity contribution in [2.75, 3.05) is 17.6 Å². The third kappa shape index (κ3) is 5.39. The number of nitrogens with one attached hydrogen (secondary N) is 1. The number of halogens is 1. The zero-order valence-corrected chi connectivity index (χ0v) is 20.2. The first-order valence-electron chi connectivity index (χ1n) is 10.9. The molecule has 1 N–H and O–H groups in total. The van der Waals surface area contributed by atoms with E-state index < -0.39 is 0 Å². The van der Waals surface area contributed by atoms with Gasteiger partial charge < -0.3 is 14.8 Å². The molecule has 0 radical (unpaired) electrons. The lowest BCUT2D eigenvalue weighted by Crippen LogP contribution is -2.32. The van der Waals surface area contributed by atoms with Crippen molar-refractivity contribution < 1.29 is 9.59 Å². The lowest BCUT2D eigenvalue weighted by atomic mass is 10.1. The highest BCUT2D eigenvalue weighted by Gasteiger charge is 2.34. The molecule has 172 valence electrons. The number of aromatic nitrogens is 3. The summed E-state index contributed by atoms with van der Waals surface area (Å²) in [5, 5.41) is 12.9. The van der Waals surface area contributed by atoms with E-state index in [4.69, 9.17) is 11.6 Å². The van der Waals surface area contributed by atoms with E-state index in [-0.39, 0.29) is 23.6 Å². The largest absolute Gasteiger partial charge is 0.328 e. The fraction of sp³-hybridized carbons (Fsp3) is 0.333. The number of rotatable bonds is 7. The van der Waals surface area contributed by atoms with E-state index >= 15 is 0 Å². The number of aryl methyl sites for hydroxylation is 1. The fourth-order valence-corrected chi connectivity index (χ4v) is 4.98. The van der Waals surface area contributed by atoms with Crippen LogP contribution in [0.4, 0.5) is 5.69 Å². The van der Waals surface area contributed by atoms with E-state index in [9.17, 15) is 9.59 Å². The number of anilines is 1. The van der Waals surface area contributed by atoms with Crippen LogP contribution < -0.4 is 5.32 Å². The Labute approximate surface area is 202 Å². The second-order valence-electron chi connectivity index (χ2n) is 7.95. The first-order valence-corrected chi connectivity index (χ1v) is 12.3. The summed E-state index contributed by atoms with van der Waals surface area (Å²) in [7, 11) is 0. The Morgan fingerprint density at radius 2 is 1.97 bits per heavy atom. The van der Waals surface area contributed by atoms with Crippen molar-refractivity contribution in [3.05, 3.63) is 70.5 Å². The second-order valence-corrected chi connectivity index (χ2v) is 9.33. The molecular formula is C24H26ClN5O2S. The molecule has 1 aliphatic rings. The number of nitrogens with zero attached hydrogens (tertiary/aromatic N) is 4. The van der Waals surface area contributed by atoms with Gasteiger partial charge in [-0.2, -0.15) is 0 Å². The molecule has 0 saturated carbocycles. The smallest absolute Gasteiger partial charge is 0.254 e. The summed E-state index contributed by atoms with van der Waals surface area (Å²) in [6, 6.07) is 14.6. The number of hydrogen-bond acceptors (Lipinski definition) is 5. The maximum Gasteiger partial charge on any atom is 0.254 e. The van der Waals surface area contributed by atoms with Crippen LogP contribution in [0.3, 0.4) is 0 Å². The molecule has 1 saturated heterocycles.